The highest BCUT2D eigenvalue weighted by molar-refractivity contribution is 7.92. The van der Waals surface area contributed by atoms with Crippen molar-refractivity contribution in [3.63, 3.8) is 0 Å². The number of aromatic nitrogens is 2. The largest absolute Gasteiger partial charge is 0.441 e. The Hall–Kier alpha value is -2.41. The van der Waals surface area contributed by atoms with E-state index in [2.05, 4.69) is 14.7 Å². The molecule has 1 aromatic carbocycles. The molecule has 0 atom stereocenters. The van der Waals surface area contributed by atoms with Crippen LogP contribution in [0.2, 0.25) is 0 Å². The van der Waals surface area contributed by atoms with Crippen LogP contribution in [0.3, 0.4) is 0 Å². The molecule has 2 aromatic heterocycles. The van der Waals surface area contributed by atoms with E-state index in [1.807, 2.05) is 0 Å². The lowest BCUT2D eigenvalue weighted by molar-refractivity contribution is 0.559. The molecule has 6 nitrogen and oxygen atoms in total. The van der Waals surface area contributed by atoms with Gasteiger partial charge < -0.3 is 4.42 Å². The lowest BCUT2D eigenvalue weighted by Crippen LogP contribution is -2.13. The molecule has 0 unspecified atom stereocenters. The summed E-state index contributed by atoms with van der Waals surface area (Å²) in [6.07, 6.45) is 1.55. The van der Waals surface area contributed by atoms with Crippen molar-refractivity contribution < 1.29 is 12.8 Å². The summed E-state index contributed by atoms with van der Waals surface area (Å²) < 4.78 is 32.6. The fourth-order valence-electron chi connectivity index (χ4n) is 2.01. The second kappa shape index (κ2) is 4.85. The smallest absolute Gasteiger partial charge is 0.262 e. The van der Waals surface area contributed by atoms with E-state index in [1.54, 1.807) is 38.2 Å². The molecule has 0 fully saturated rings. The highest BCUT2D eigenvalue weighted by atomic mass is 32.2. The summed E-state index contributed by atoms with van der Waals surface area (Å²) in [5.41, 5.74) is 2.28. The first-order valence-corrected chi connectivity index (χ1v) is 7.75. The topological polar surface area (TPSA) is 85.1 Å². The first-order valence-electron chi connectivity index (χ1n) is 6.27. The van der Waals surface area contributed by atoms with E-state index in [-0.39, 0.29) is 4.90 Å². The van der Waals surface area contributed by atoms with Crippen molar-refractivity contribution in [2.45, 2.75) is 18.7 Å². The van der Waals surface area contributed by atoms with E-state index in [0.29, 0.717) is 22.7 Å². The average Bonchev–Trinajstić information content (AvgIpc) is 2.77. The predicted molar refractivity (Wildman–Crippen MR) is 78.5 cm³/mol. The normalized spacial score (nSPS) is 11.7. The number of oxazole rings is 1. The van der Waals surface area contributed by atoms with E-state index in [4.69, 9.17) is 4.42 Å². The number of rotatable bonds is 3. The van der Waals surface area contributed by atoms with E-state index in [9.17, 15) is 8.42 Å². The maximum atomic E-state index is 12.4. The summed E-state index contributed by atoms with van der Waals surface area (Å²) in [4.78, 5) is 8.30. The van der Waals surface area contributed by atoms with Crippen molar-refractivity contribution in [2.24, 2.45) is 0 Å². The van der Waals surface area contributed by atoms with Gasteiger partial charge in [0.05, 0.1) is 10.6 Å². The van der Waals surface area contributed by atoms with Gasteiger partial charge in [0.15, 0.2) is 11.5 Å². The fourth-order valence-corrected chi connectivity index (χ4v) is 3.07. The molecular formula is C14H13N3O3S. The summed E-state index contributed by atoms with van der Waals surface area (Å²) in [5, 5.41) is 0. The molecule has 0 spiro atoms. The van der Waals surface area contributed by atoms with Crippen molar-refractivity contribution >= 4 is 26.8 Å². The number of anilines is 1. The minimum atomic E-state index is -3.68. The quantitative estimate of drug-likeness (QED) is 0.804. The molecule has 2 heterocycles. The second-order valence-electron chi connectivity index (χ2n) is 4.65. The molecule has 3 aromatic rings. The Kier molecular flexibility index (Phi) is 3.13. The minimum absolute atomic E-state index is 0.126. The minimum Gasteiger partial charge on any atom is -0.441 e. The number of aryl methyl sites for hydroxylation is 2. The second-order valence-corrected chi connectivity index (χ2v) is 6.34. The highest BCUT2D eigenvalue weighted by Gasteiger charge is 2.16. The van der Waals surface area contributed by atoms with Gasteiger partial charge in [0.25, 0.3) is 10.0 Å². The van der Waals surface area contributed by atoms with Gasteiger partial charge in [-0.05, 0) is 31.2 Å². The molecule has 0 saturated carbocycles. The first-order chi connectivity index (χ1) is 9.94. The monoisotopic (exact) mass is 303 g/mol. The summed E-state index contributed by atoms with van der Waals surface area (Å²) >= 11 is 0. The molecule has 7 heteroatoms. The van der Waals surface area contributed by atoms with Crippen LogP contribution < -0.4 is 4.72 Å². The third-order valence-corrected chi connectivity index (χ3v) is 4.30. The van der Waals surface area contributed by atoms with E-state index < -0.39 is 10.0 Å². The predicted octanol–water partition coefficient (Wildman–Crippen LogP) is 2.64. The van der Waals surface area contributed by atoms with Gasteiger partial charge in [0, 0.05) is 24.9 Å². The van der Waals surface area contributed by atoms with Gasteiger partial charge in [0.2, 0.25) is 0 Å². The zero-order valence-electron chi connectivity index (χ0n) is 11.5. The van der Waals surface area contributed by atoms with Gasteiger partial charge in [-0.2, -0.15) is 0 Å². The molecule has 0 aliphatic rings. The standard InChI is InChI=1S/C14H13N3O3S/c1-9-7-11(5-6-15-9)17-21(18,19)12-3-4-13-14(8-12)20-10(2)16-13/h3-8H,1-2H3,(H,15,17). The number of nitrogens with zero attached hydrogens (tertiary/aromatic N) is 2. The SMILES string of the molecule is Cc1cc(NS(=O)(=O)c2ccc3nc(C)oc3c2)ccn1. The fraction of sp³-hybridized carbons (Fsp3) is 0.143. The zero-order chi connectivity index (χ0) is 15.0. The van der Waals surface area contributed by atoms with E-state index in [1.165, 1.54) is 12.1 Å². The number of hydrogen-bond donors (Lipinski definition) is 1. The molecular weight excluding hydrogens is 290 g/mol. The highest BCUT2D eigenvalue weighted by Crippen LogP contribution is 2.22. The molecule has 21 heavy (non-hydrogen) atoms. The molecule has 0 aliphatic heterocycles. The van der Waals surface area contributed by atoms with Crippen LogP contribution >= 0.6 is 0 Å². The summed E-state index contributed by atoms with van der Waals surface area (Å²) in [5.74, 6) is 0.497. The van der Waals surface area contributed by atoms with Crippen LogP contribution in [0.1, 0.15) is 11.6 Å². The lowest BCUT2D eigenvalue weighted by atomic mass is 10.3. The number of fused-ring (bicyclic) bond motifs is 1. The molecule has 0 bridgehead atoms. The number of pyridine rings is 1. The lowest BCUT2D eigenvalue weighted by Gasteiger charge is -2.08. The van der Waals surface area contributed by atoms with Crippen LogP contribution in [0.25, 0.3) is 11.1 Å². The van der Waals surface area contributed by atoms with Crippen LogP contribution in [-0.4, -0.2) is 18.4 Å². The van der Waals surface area contributed by atoms with Gasteiger partial charge >= 0.3 is 0 Å². The summed E-state index contributed by atoms with van der Waals surface area (Å²) in [6.45, 7) is 3.51. The van der Waals surface area contributed by atoms with Crippen LogP contribution in [0.5, 0.6) is 0 Å². The van der Waals surface area contributed by atoms with Gasteiger partial charge in [0.1, 0.15) is 5.52 Å². The van der Waals surface area contributed by atoms with Gasteiger partial charge in [-0.15, -0.1) is 0 Å². The van der Waals surface area contributed by atoms with E-state index in [0.717, 1.165) is 5.69 Å². The van der Waals surface area contributed by atoms with Crippen LogP contribution in [0, 0.1) is 13.8 Å². The van der Waals surface area contributed by atoms with Crippen LogP contribution in [0.15, 0.2) is 45.8 Å². The van der Waals surface area contributed by atoms with Crippen LogP contribution in [0.4, 0.5) is 5.69 Å². The third kappa shape index (κ3) is 2.73. The van der Waals surface area contributed by atoms with Crippen molar-refractivity contribution in [1.29, 1.82) is 0 Å². The Morgan fingerprint density at radius 2 is 1.95 bits per heavy atom. The van der Waals surface area contributed by atoms with Gasteiger partial charge in [-0.1, -0.05) is 0 Å². The summed E-state index contributed by atoms with van der Waals surface area (Å²) in [7, 11) is -3.68. The molecule has 0 radical (unpaired) electrons. The van der Waals surface area contributed by atoms with Crippen molar-refractivity contribution in [2.75, 3.05) is 4.72 Å². The van der Waals surface area contributed by atoms with Crippen molar-refractivity contribution in [3.8, 4) is 0 Å². The van der Waals surface area contributed by atoms with Crippen LogP contribution in [-0.2, 0) is 10.0 Å². The number of benzene rings is 1. The Morgan fingerprint density at radius 1 is 1.14 bits per heavy atom. The molecule has 0 aliphatic carbocycles. The third-order valence-electron chi connectivity index (χ3n) is 2.93. The van der Waals surface area contributed by atoms with E-state index >= 15 is 0 Å². The Bertz CT molecular complexity index is 916. The van der Waals surface area contributed by atoms with Gasteiger partial charge in [-0.3, -0.25) is 9.71 Å². The molecule has 108 valence electrons. The van der Waals surface area contributed by atoms with Gasteiger partial charge in [-0.25, -0.2) is 13.4 Å². The zero-order valence-corrected chi connectivity index (χ0v) is 12.3. The Balaban J connectivity index is 1.99. The number of hydrogen-bond acceptors (Lipinski definition) is 5. The first kappa shape index (κ1) is 13.6. The Labute approximate surface area is 121 Å². The van der Waals surface area contributed by atoms with Crippen molar-refractivity contribution in [3.05, 3.63) is 48.1 Å². The molecule has 3 rings (SSSR count). The average molecular weight is 303 g/mol. The maximum absolute atomic E-state index is 12.4. The molecule has 0 amide bonds. The molecule has 1 N–H and O–H groups in total. The number of sulfonamides is 1. The number of nitrogens with one attached hydrogen (secondary N) is 1. The van der Waals surface area contributed by atoms with Crippen molar-refractivity contribution in [1.82, 2.24) is 9.97 Å². The molecule has 0 saturated heterocycles. The maximum Gasteiger partial charge on any atom is 0.262 e. The summed E-state index contributed by atoms with van der Waals surface area (Å²) in [6, 6.07) is 7.85. The Morgan fingerprint density at radius 3 is 2.71 bits per heavy atom.